The van der Waals surface area contributed by atoms with E-state index in [0.717, 1.165) is 27.8 Å². The molecule has 0 unspecified atom stereocenters. The smallest absolute Gasteiger partial charge is 0.308 e. The molecule has 1 aliphatic heterocycles. The first-order valence-electron chi connectivity index (χ1n) is 9.34. The molecule has 1 saturated heterocycles. The summed E-state index contributed by atoms with van der Waals surface area (Å²) in [6.45, 7) is 6.12. The Kier molecular flexibility index (Phi) is 6.76. The number of piperidine rings is 1. The highest BCUT2D eigenvalue weighted by Crippen LogP contribution is 2.34. The second-order valence-corrected chi connectivity index (χ2v) is 10.3. The Bertz CT molecular complexity index is 957. The Balaban J connectivity index is 1.66. The molecule has 3 rings (SSSR count). The normalized spacial score (nSPS) is 16.1. The number of carbonyl (C=O) groups excluding carboxylic acids is 2. The van der Waals surface area contributed by atoms with E-state index in [0.29, 0.717) is 17.7 Å². The van der Waals surface area contributed by atoms with Gasteiger partial charge in [-0.15, -0.1) is 11.3 Å². The van der Waals surface area contributed by atoms with Gasteiger partial charge in [0.05, 0.1) is 22.6 Å². The fourth-order valence-electron chi connectivity index (χ4n) is 3.20. The minimum Gasteiger partial charge on any atom is -0.469 e. The van der Waals surface area contributed by atoms with Gasteiger partial charge in [-0.25, -0.2) is 9.71 Å². The van der Waals surface area contributed by atoms with Crippen LogP contribution in [0, 0.1) is 5.92 Å². The molecule has 0 radical (unpaired) electrons. The number of carbonyl (C=O) groups is 2. The van der Waals surface area contributed by atoms with Crippen molar-refractivity contribution in [2.24, 2.45) is 5.92 Å². The number of esters is 1. The Morgan fingerprint density at radius 1 is 1.28 bits per heavy atom. The maximum Gasteiger partial charge on any atom is 0.308 e. The molecule has 1 aliphatic rings. The number of hydrogen-bond acceptors (Lipinski definition) is 9. The molecule has 1 N–H and O–H groups in total. The van der Waals surface area contributed by atoms with Gasteiger partial charge in [0.15, 0.2) is 5.13 Å². The molecule has 1 amide bonds. The second kappa shape index (κ2) is 8.94. The molecule has 2 aromatic heterocycles. The average molecular weight is 461 g/mol. The van der Waals surface area contributed by atoms with Crippen molar-refractivity contribution >= 4 is 59.4 Å². The van der Waals surface area contributed by atoms with Crippen LogP contribution in [0.4, 0.5) is 5.13 Å². The largest absolute Gasteiger partial charge is 0.469 e. The van der Waals surface area contributed by atoms with Gasteiger partial charge in [0.2, 0.25) is 0 Å². The van der Waals surface area contributed by atoms with Gasteiger partial charge in [-0.05, 0) is 32.8 Å². The molecule has 0 atom stereocenters. The molecule has 9 nitrogen and oxygen atoms in total. The van der Waals surface area contributed by atoms with E-state index in [1.165, 1.54) is 34.1 Å². The van der Waals surface area contributed by atoms with Gasteiger partial charge >= 0.3 is 16.2 Å². The minimum atomic E-state index is -3.97. The van der Waals surface area contributed by atoms with Crippen molar-refractivity contribution in [2.45, 2.75) is 26.7 Å². The average Bonchev–Trinajstić information content (AvgIpc) is 3.27. The highest BCUT2D eigenvalue weighted by atomic mass is 32.2. The number of nitrogens with zero attached hydrogens (tertiary/aromatic N) is 3. The molecule has 2 aromatic rings. The van der Waals surface area contributed by atoms with Crippen molar-refractivity contribution in [3.05, 3.63) is 10.9 Å². The Hall–Kier alpha value is -1.76. The number of amides is 1. The monoisotopic (exact) mass is 460 g/mol. The van der Waals surface area contributed by atoms with Crippen molar-refractivity contribution in [1.82, 2.24) is 14.0 Å². The summed E-state index contributed by atoms with van der Waals surface area (Å²) < 4.78 is 34.0. The number of ether oxygens (including phenoxy) is 1. The van der Waals surface area contributed by atoms with E-state index in [2.05, 4.69) is 28.5 Å². The fraction of sp³-hybridized carbons (Fsp3) is 0.588. The molecule has 0 spiro atoms. The summed E-state index contributed by atoms with van der Waals surface area (Å²) in [6, 6.07) is 1.68. The third-order valence-electron chi connectivity index (χ3n) is 4.89. The standard InChI is InChI=1S/C17H24N4O5S3/c1-4-20(5-2)17-18-15-13(28-17)10-12(27-15)14(22)19-29(24,25)21-8-6-11(7-9-21)16(23)26-3/h10-11H,4-9H2,1-3H3,(H,19,22). The number of aromatic nitrogens is 1. The third-order valence-corrected chi connectivity index (χ3v) is 8.59. The van der Waals surface area contributed by atoms with Crippen LogP contribution in [0.2, 0.25) is 0 Å². The summed E-state index contributed by atoms with van der Waals surface area (Å²) in [5.41, 5.74) is 0. The zero-order valence-electron chi connectivity index (χ0n) is 16.5. The summed E-state index contributed by atoms with van der Waals surface area (Å²) >= 11 is 2.66. The summed E-state index contributed by atoms with van der Waals surface area (Å²) in [7, 11) is -2.66. The van der Waals surface area contributed by atoms with Gasteiger partial charge in [-0.3, -0.25) is 9.59 Å². The molecule has 0 aromatic carbocycles. The SMILES string of the molecule is CCN(CC)c1nc2sc(C(=O)NS(=O)(=O)N3CCC(C(=O)OC)CC3)cc2s1. The van der Waals surface area contributed by atoms with E-state index in [4.69, 9.17) is 4.74 Å². The molecule has 0 aliphatic carbocycles. The van der Waals surface area contributed by atoms with Crippen molar-refractivity contribution in [3.8, 4) is 0 Å². The number of hydrogen-bond donors (Lipinski definition) is 1. The first-order chi connectivity index (χ1) is 13.8. The lowest BCUT2D eigenvalue weighted by atomic mass is 9.99. The van der Waals surface area contributed by atoms with Crippen molar-refractivity contribution in [1.29, 1.82) is 0 Å². The molecule has 12 heteroatoms. The topological polar surface area (TPSA) is 109 Å². The van der Waals surface area contributed by atoms with Gasteiger partial charge in [-0.1, -0.05) is 11.3 Å². The molecule has 3 heterocycles. The van der Waals surface area contributed by atoms with E-state index in [-0.39, 0.29) is 25.0 Å². The van der Waals surface area contributed by atoms with Crippen molar-refractivity contribution in [3.63, 3.8) is 0 Å². The number of fused-ring (bicyclic) bond motifs is 1. The van der Waals surface area contributed by atoms with Crippen LogP contribution in [-0.4, -0.2) is 62.9 Å². The molecule has 29 heavy (non-hydrogen) atoms. The molecule has 0 saturated carbocycles. The van der Waals surface area contributed by atoms with Gasteiger partial charge < -0.3 is 9.64 Å². The molecule has 0 bridgehead atoms. The molecular formula is C17H24N4O5S3. The molecule has 160 valence electrons. The zero-order chi connectivity index (χ0) is 21.2. The van der Waals surface area contributed by atoms with Gasteiger partial charge in [0.1, 0.15) is 4.83 Å². The van der Waals surface area contributed by atoms with Crippen LogP contribution in [-0.2, 0) is 19.7 Å². The first kappa shape index (κ1) is 21.9. The van der Waals surface area contributed by atoms with E-state index in [9.17, 15) is 18.0 Å². The van der Waals surface area contributed by atoms with E-state index in [1.807, 2.05) is 0 Å². The maximum atomic E-state index is 12.6. The van der Waals surface area contributed by atoms with Gasteiger partial charge in [-0.2, -0.15) is 12.7 Å². The Morgan fingerprint density at radius 2 is 1.93 bits per heavy atom. The third kappa shape index (κ3) is 4.71. The van der Waals surface area contributed by atoms with Crippen LogP contribution in [0.15, 0.2) is 6.07 Å². The Morgan fingerprint density at radius 3 is 2.48 bits per heavy atom. The predicted octanol–water partition coefficient (Wildman–Crippen LogP) is 2.06. The minimum absolute atomic E-state index is 0.163. The highest BCUT2D eigenvalue weighted by molar-refractivity contribution is 7.87. The number of rotatable bonds is 7. The zero-order valence-corrected chi connectivity index (χ0v) is 19.0. The number of nitrogens with one attached hydrogen (secondary N) is 1. The van der Waals surface area contributed by atoms with Crippen LogP contribution >= 0.6 is 22.7 Å². The van der Waals surface area contributed by atoms with Crippen molar-refractivity contribution < 1.29 is 22.7 Å². The van der Waals surface area contributed by atoms with E-state index in [1.54, 1.807) is 6.07 Å². The quantitative estimate of drug-likeness (QED) is 0.630. The lowest BCUT2D eigenvalue weighted by molar-refractivity contribution is -0.146. The summed E-state index contributed by atoms with van der Waals surface area (Å²) in [4.78, 5) is 31.8. The molecular weight excluding hydrogens is 436 g/mol. The van der Waals surface area contributed by atoms with Gasteiger partial charge in [0.25, 0.3) is 5.91 Å². The van der Waals surface area contributed by atoms with E-state index < -0.39 is 16.1 Å². The van der Waals surface area contributed by atoms with Crippen LogP contribution < -0.4 is 9.62 Å². The number of anilines is 1. The summed E-state index contributed by atoms with van der Waals surface area (Å²) in [5, 5.41) is 0.893. The first-order valence-corrected chi connectivity index (χ1v) is 12.4. The predicted molar refractivity (Wildman–Crippen MR) is 114 cm³/mol. The summed E-state index contributed by atoms with van der Waals surface area (Å²) in [6.07, 6.45) is 0.739. The van der Waals surface area contributed by atoms with Gasteiger partial charge in [0, 0.05) is 26.2 Å². The summed E-state index contributed by atoms with van der Waals surface area (Å²) in [5.74, 6) is -1.31. The Labute approximate surface area is 177 Å². The fourth-order valence-corrected chi connectivity index (χ4v) is 6.66. The molecule has 1 fully saturated rings. The van der Waals surface area contributed by atoms with Crippen LogP contribution in [0.25, 0.3) is 9.53 Å². The van der Waals surface area contributed by atoms with Crippen LogP contribution in [0.3, 0.4) is 0 Å². The maximum absolute atomic E-state index is 12.6. The lowest BCUT2D eigenvalue weighted by Crippen LogP contribution is -2.47. The lowest BCUT2D eigenvalue weighted by Gasteiger charge is -2.29. The van der Waals surface area contributed by atoms with Crippen LogP contribution in [0.5, 0.6) is 0 Å². The van der Waals surface area contributed by atoms with E-state index >= 15 is 0 Å². The highest BCUT2D eigenvalue weighted by Gasteiger charge is 2.33. The number of thiophene rings is 1. The van der Waals surface area contributed by atoms with Crippen LogP contribution in [0.1, 0.15) is 36.4 Å². The number of thiazole rings is 1. The number of methoxy groups -OCH3 is 1. The van der Waals surface area contributed by atoms with Crippen molar-refractivity contribution in [2.75, 3.05) is 38.2 Å². The second-order valence-electron chi connectivity index (χ2n) is 6.58.